The van der Waals surface area contributed by atoms with Gasteiger partial charge in [0.25, 0.3) is 0 Å². The summed E-state index contributed by atoms with van der Waals surface area (Å²) in [5.74, 6) is -1.86. The fraction of sp³-hybridized carbons (Fsp3) is 0.500. The smallest absolute Gasteiger partial charge is 0.326 e. The van der Waals surface area contributed by atoms with Crippen LogP contribution in [0, 0.1) is 0 Å². The minimum absolute atomic E-state index is 0.0661. The van der Waals surface area contributed by atoms with Crippen molar-refractivity contribution in [3.05, 3.63) is 12.4 Å². The topological polar surface area (TPSA) is 139 Å². The molecule has 3 amide bonds. The SMILES string of the molecule is CC(C)n1cc(NC(=O)N[C@@H](CCC(N)=O)C(=O)O)cn1. The highest BCUT2D eigenvalue weighted by Crippen LogP contribution is 2.09. The number of nitrogens with one attached hydrogen (secondary N) is 2. The molecule has 9 heteroatoms. The molecule has 9 nitrogen and oxygen atoms in total. The molecule has 1 rings (SSSR count). The van der Waals surface area contributed by atoms with Gasteiger partial charge in [-0.05, 0) is 20.3 Å². The van der Waals surface area contributed by atoms with Crippen molar-refractivity contribution in [2.45, 2.75) is 38.8 Å². The van der Waals surface area contributed by atoms with Gasteiger partial charge in [-0.15, -0.1) is 0 Å². The van der Waals surface area contributed by atoms with E-state index in [9.17, 15) is 14.4 Å². The van der Waals surface area contributed by atoms with Gasteiger partial charge in [-0.1, -0.05) is 0 Å². The summed E-state index contributed by atoms with van der Waals surface area (Å²) in [6, 6.07) is -1.72. The number of amides is 3. The fourth-order valence-electron chi connectivity index (χ4n) is 1.55. The lowest BCUT2D eigenvalue weighted by atomic mass is 10.1. The Bertz CT molecular complexity index is 525. The van der Waals surface area contributed by atoms with Gasteiger partial charge < -0.3 is 21.5 Å². The lowest BCUT2D eigenvalue weighted by Crippen LogP contribution is -2.43. The zero-order chi connectivity index (χ0) is 16.0. The van der Waals surface area contributed by atoms with Crippen LogP contribution in [0.5, 0.6) is 0 Å². The highest BCUT2D eigenvalue weighted by molar-refractivity contribution is 5.92. The van der Waals surface area contributed by atoms with E-state index in [1.54, 1.807) is 10.9 Å². The van der Waals surface area contributed by atoms with Crippen molar-refractivity contribution in [2.24, 2.45) is 5.73 Å². The van der Waals surface area contributed by atoms with Crippen LogP contribution in [0.3, 0.4) is 0 Å². The number of carboxylic acids is 1. The average Bonchev–Trinajstić information content (AvgIpc) is 2.82. The number of hydrogen-bond acceptors (Lipinski definition) is 4. The molecule has 0 fully saturated rings. The highest BCUT2D eigenvalue weighted by atomic mass is 16.4. The van der Waals surface area contributed by atoms with E-state index in [0.717, 1.165) is 0 Å². The van der Waals surface area contributed by atoms with E-state index in [0.29, 0.717) is 5.69 Å². The zero-order valence-electron chi connectivity index (χ0n) is 11.9. The first kappa shape index (κ1) is 16.5. The van der Waals surface area contributed by atoms with Crippen LogP contribution in [0.1, 0.15) is 32.7 Å². The van der Waals surface area contributed by atoms with Crippen LogP contribution in [0.2, 0.25) is 0 Å². The summed E-state index contributed by atoms with van der Waals surface area (Å²) in [7, 11) is 0. The summed E-state index contributed by atoms with van der Waals surface area (Å²) in [4.78, 5) is 33.4. The van der Waals surface area contributed by atoms with Crippen LogP contribution in [0.25, 0.3) is 0 Å². The van der Waals surface area contributed by atoms with E-state index in [1.807, 2.05) is 13.8 Å². The van der Waals surface area contributed by atoms with Gasteiger partial charge in [0.2, 0.25) is 5.91 Å². The molecule has 0 saturated carbocycles. The monoisotopic (exact) mass is 297 g/mol. The first-order valence-corrected chi connectivity index (χ1v) is 6.42. The molecule has 1 aromatic heterocycles. The van der Waals surface area contributed by atoms with E-state index in [-0.39, 0.29) is 18.9 Å². The number of urea groups is 1. The highest BCUT2D eigenvalue weighted by Gasteiger charge is 2.20. The molecule has 1 heterocycles. The minimum atomic E-state index is -1.23. The van der Waals surface area contributed by atoms with Crippen molar-refractivity contribution in [3.63, 3.8) is 0 Å². The Morgan fingerprint density at radius 1 is 1.43 bits per heavy atom. The van der Waals surface area contributed by atoms with Crippen molar-refractivity contribution in [1.82, 2.24) is 15.1 Å². The summed E-state index contributed by atoms with van der Waals surface area (Å²) < 4.78 is 1.65. The number of carboxylic acid groups (broad SMARTS) is 1. The maximum Gasteiger partial charge on any atom is 0.326 e. The molecule has 0 spiro atoms. The van der Waals surface area contributed by atoms with Crippen LogP contribution < -0.4 is 16.4 Å². The summed E-state index contributed by atoms with van der Waals surface area (Å²) >= 11 is 0. The molecule has 0 aliphatic carbocycles. The van der Waals surface area contributed by atoms with Crippen LogP contribution in [0.4, 0.5) is 10.5 Å². The van der Waals surface area contributed by atoms with Crippen LogP contribution >= 0.6 is 0 Å². The number of nitrogens with zero attached hydrogens (tertiary/aromatic N) is 2. The Morgan fingerprint density at radius 2 is 2.10 bits per heavy atom. The second-order valence-electron chi connectivity index (χ2n) is 4.80. The summed E-state index contributed by atoms with van der Waals surface area (Å²) in [5, 5.41) is 17.7. The number of rotatable bonds is 7. The standard InChI is InChI=1S/C12H19N5O4/c1-7(2)17-6-8(5-14-17)15-12(21)16-9(11(19)20)3-4-10(13)18/h5-7,9H,3-4H2,1-2H3,(H2,13,18)(H,19,20)(H2,15,16,21)/t9-/m0/s1. The third kappa shape index (κ3) is 5.51. The third-order valence-corrected chi connectivity index (χ3v) is 2.67. The van der Waals surface area contributed by atoms with Gasteiger partial charge in [-0.3, -0.25) is 9.48 Å². The number of aliphatic carboxylic acids is 1. The summed E-state index contributed by atoms with van der Waals surface area (Å²) in [6.07, 6.45) is 2.90. The number of nitrogens with two attached hydrogens (primary N) is 1. The first-order valence-electron chi connectivity index (χ1n) is 6.42. The Morgan fingerprint density at radius 3 is 2.57 bits per heavy atom. The molecule has 0 aliphatic heterocycles. The second-order valence-corrected chi connectivity index (χ2v) is 4.80. The quantitative estimate of drug-likeness (QED) is 0.573. The molecule has 21 heavy (non-hydrogen) atoms. The van der Waals surface area contributed by atoms with E-state index in [2.05, 4.69) is 15.7 Å². The maximum atomic E-state index is 11.7. The molecule has 1 aromatic rings. The number of hydrogen-bond donors (Lipinski definition) is 4. The largest absolute Gasteiger partial charge is 0.480 e. The normalized spacial score (nSPS) is 12.0. The maximum absolute atomic E-state index is 11.7. The fourth-order valence-corrected chi connectivity index (χ4v) is 1.55. The number of anilines is 1. The van der Waals surface area contributed by atoms with Gasteiger partial charge >= 0.3 is 12.0 Å². The Balaban J connectivity index is 2.56. The number of carbonyl (C=O) groups excluding carboxylic acids is 2. The molecule has 0 aromatic carbocycles. The Kier molecular flexibility index (Phi) is 5.70. The lowest BCUT2D eigenvalue weighted by molar-refractivity contribution is -0.139. The van der Waals surface area contributed by atoms with E-state index in [1.165, 1.54) is 6.20 Å². The predicted octanol–water partition coefficient (Wildman–Crippen LogP) is 0.304. The molecule has 0 bridgehead atoms. The van der Waals surface area contributed by atoms with Crippen molar-refractivity contribution in [1.29, 1.82) is 0 Å². The van der Waals surface area contributed by atoms with Crippen LogP contribution in [0.15, 0.2) is 12.4 Å². The molecule has 0 unspecified atom stereocenters. The number of carbonyl (C=O) groups is 3. The van der Waals surface area contributed by atoms with E-state index >= 15 is 0 Å². The molecule has 116 valence electrons. The first-order chi connectivity index (χ1) is 9.79. The Labute approximate surface area is 121 Å². The van der Waals surface area contributed by atoms with Crippen molar-refractivity contribution in [2.75, 3.05) is 5.32 Å². The lowest BCUT2D eigenvalue weighted by Gasteiger charge is -2.13. The van der Waals surface area contributed by atoms with E-state index < -0.39 is 23.9 Å². The number of primary amides is 1. The average molecular weight is 297 g/mol. The predicted molar refractivity (Wildman–Crippen MR) is 74.6 cm³/mol. The van der Waals surface area contributed by atoms with Gasteiger partial charge in [0.1, 0.15) is 6.04 Å². The van der Waals surface area contributed by atoms with Crippen molar-refractivity contribution in [3.8, 4) is 0 Å². The molecule has 0 saturated heterocycles. The second kappa shape index (κ2) is 7.27. The zero-order valence-corrected chi connectivity index (χ0v) is 11.9. The molecule has 0 aliphatic rings. The molecular formula is C12H19N5O4. The van der Waals surface area contributed by atoms with Crippen molar-refractivity contribution < 1.29 is 19.5 Å². The van der Waals surface area contributed by atoms with Gasteiger partial charge in [-0.2, -0.15) is 5.10 Å². The van der Waals surface area contributed by atoms with Crippen LogP contribution in [-0.4, -0.2) is 38.8 Å². The summed E-state index contributed by atoms with van der Waals surface area (Å²) in [6.45, 7) is 3.86. The minimum Gasteiger partial charge on any atom is -0.480 e. The van der Waals surface area contributed by atoms with Gasteiger partial charge in [-0.25, -0.2) is 9.59 Å². The molecule has 5 N–H and O–H groups in total. The van der Waals surface area contributed by atoms with Gasteiger partial charge in [0.15, 0.2) is 0 Å². The van der Waals surface area contributed by atoms with Crippen molar-refractivity contribution >= 4 is 23.6 Å². The van der Waals surface area contributed by atoms with Crippen LogP contribution in [-0.2, 0) is 9.59 Å². The molecule has 1 atom stereocenters. The molecular weight excluding hydrogens is 278 g/mol. The number of aromatic nitrogens is 2. The van der Waals surface area contributed by atoms with Gasteiger partial charge in [0, 0.05) is 18.7 Å². The van der Waals surface area contributed by atoms with E-state index in [4.69, 9.17) is 10.8 Å². The van der Waals surface area contributed by atoms with Gasteiger partial charge in [0.05, 0.1) is 11.9 Å². The molecule has 0 radical (unpaired) electrons. The summed E-state index contributed by atoms with van der Waals surface area (Å²) in [5.41, 5.74) is 5.40. The Hall–Kier alpha value is -2.58. The third-order valence-electron chi connectivity index (χ3n) is 2.67.